The molecule has 0 aliphatic carbocycles. The molecule has 2 amide bonds. The van der Waals surface area contributed by atoms with E-state index in [-0.39, 0.29) is 23.5 Å². The second-order valence-corrected chi connectivity index (χ2v) is 9.40. The molecule has 2 aromatic carbocycles. The molecular weight excluding hydrogens is 455 g/mol. The predicted molar refractivity (Wildman–Crippen MR) is 139 cm³/mol. The van der Waals surface area contributed by atoms with Crippen molar-refractivity contribution in [1.29, 1.82) is 0 Å². The van der Waals surface area contributed by atoms with E-state index in [1.54, 1.807) is 24.4 Å². The molecule has 4 aromatic rings. The third kappa shape index (κ3) is 5.15. The van der Waals surface area contributed by atoms with Crippen LogP contribution in [0.4, 0.5) is 10.2 Å². The van der Waals surface area contributed by atoms with Crippen LogP contribution < -0.4 is 5.32 Å². The Kier molecular flexibility index (Phi) is 6.80. The van der Waals surface area contributed by atoms with Gasteiger partial charge in [0, 0.05) is 48.2 Å². The molecule has 0 saturated carbocycles. The number of H-pyrrole nitrogens is 1. The van der Waals surface area contributed by atoms with Gasteiger partial charge in [0.2, 0.25) is 11.8 Å². The number of nitrogens with zero attached hydrogens (tertiary/aromatic N) is 2. The lowest BCUT2D eigenvalue weighted by molar-refractivity contribution is -0.134. The van der Waals surface area contributed by atoms with Crippen molar-refractivity contribution in [2.24, 2.45) is 5.92 Å². The fourth-order valence-electron chi connectivity index (χ4n) is 4.87. The number of rotatable bonds is 6. The monoisotopic (exact) mass is 484 g/mol. The highest BCUT2D eigenvalue weighted by Crippen LogP contribution is 2.32. The Hall–Kier alpha value is -4.00. The van der Waals surface area contributed by atoms with E-state index < -0.39 is 0 Å². The molecule has 0 bridgehead atoms. The minimum absolute atomic E-state index is 0.0406. The maximum absolute atomic E-state index is 13.5. The van der Waals surface area contributed by atoms with Crippen molar-refractivity contribution in [1.82, 2.24) is 14.9 Å². The molecule has 3 heterocycles. The molecule has 1 fully saturated rings. The molecule has 184 valence electrons. The highest BCUT2D eigenvalue weighted by molar-refractivity contribution is 5.92. The van der Waals surface area contributed by atoms with Gasteiger partial charge in [-0.1, -0.05) is 24.3 Å². The maximum Gasteiger partial charge on any atom is 0.228 e. The molecule has 1 saturated heterocycles. The number of amides is 2. The van der Waals surface area contributed by atoms with E-state index in [1.807, 2.05) is 42.2 Å². The number of hydrogen-bond acceptors (Lipinski definition) is 3. The number of aromatic nitrogens is 2. The summed E-state index contributed by atoms with van der Waals surface area (Å²) in [6, 6.07) is 18.1. The summed E-state index contributed by atoms with van der Waals surface area (Å²) >= 11 is 0. The van der Waals surface area contributed by atoms with E-state index in [4.69, 9.17) is 0 Å². The standard InChI is InChI=1S/C29H29FN4O2/c1-19-6-12-26(31-18-19)33-29(36)21-14-16-34(17-15-21)27(35)13-11-24-23-4-2-3-5-25(23)32-28(24)20-7-9-22(30)10-8-20/h2-10,12,18,21,32H,11,13-17H2,1H3,(H,31,33,36). The maximum atomic E-state index is 13.5. The van der Waals surface area contributed by atoms with E-state index in [0.29, 0.717) is 44.6 Å². The Morgan fingerprint density at radius 2 is 1.81 bits per heavy atom. The van der Waals surface area contributed by atoms with E-state index in [2.05, 4.69) is 15.3 Å². The average Bonchev–Trinajstić information content (AvgIpc) is 3.27. The molecule has 0 radical (unpaired) electrons. The van der Waals surface area contributed by atoms with E-state index in [1.165, 1.54) is 12.1 Å². The largest absolute Gasteiger partial charge is 0.354 e. The first-order valence-corrected chi connectivity index (χ1v) is 12.3. The van der Waals surface area contributed by atoms with Gasteiger partial charge in [-0.15, -0.1) is 0 Å². The summed E-state index contributed by atoms with van der Waals surface area (Å²) in [5.74, 6) is 0.194. The molecule has 2 N–H and O–H groups in total. The zero-order valence-corrected chi connectivity index (χ0v) is 20.3. The number of fused-ring (bicyclic) bond motifs is 1. The highest BCUT2D eigenvalue weighted by atomic mass is 19.1. The van der Waals surface area contributed by atoms with Gasteiger partial charge < -0.3 is 15.2 Å². The van der Waals surface area contributed by atoms with Crippen LogP contribution in [0.5, 0.6) is 0 Å². The van der Waals surface area contributed by atoms with Gasteiger partial charge in [-0.25, -0.2) is 9.37 Å². The second-order valence-electron chi connectivity index (χ2n) is 9.40. The Morgan fingerprint density at radius 3 is 2.53 bits per heavy atom. The molecule has 6 nitrogen and oxygen atoms in total. The van der Waals surface area contributed by atoms with Crippen LogP contribution >= 0.6 is 0 Å². The second kappa shape index (κ2) is 10.3. The van der Waals surface area contributed by atoms with Gasteiger partial charge in [-0.3, -0.25) is 9.59 Å². The van der Waals surface area contributed by atoms with Gasteiger partial charge in [0.05, 0.1) is 0 Å². The van der Waals surface area contributed by atoms with Gasteiger partial charge in [0.25, 0.3) is 0 Å². The number of anilines is 1. The van der Waals surface area contributed by atoms with Gasteiger partial charge in [0.1, 0.15) is 11.6 Å². The molecule has 1 aliphatic rings. The molecule has 0 unspecified atom stereocenters. The number of hydrogen-bond donors (Lipinski definition) is 2. The minimum Gasteiger partial charge on any atom is -0.354 e. The van der Waals surface area contributed by atoms with Crippen LogP contribution in [0.25, 0.3) is 22.2 Å². The highest BCUT2D eigenvalue weighted by Gasteiger charge is 2.27. The number of halogens is 1. The van der Waals surface area contributed by atoms with Crippen LogP contribution in [0.2, 0.25) is 0 Å². The van der Waals surface area contributed by atoms with Gasteiger partial charge in [-0.2, -0.15) is 0 Å². The first kappa shape index (κ1) is 23.7. The fraction of sp³-hybridized carbons (Fsp3) is 0.276. The number of aryl methyl sites for hydroxylation is 2. The van der Waals surface area contributed by atoms with Crippen LogP contribution in [0.1, 0.15) is 30.4 Å². The molecule has 1 aliphatic heterocycles. The van der Waals surface area contributed by atoms with Crippen LogP contribution in [-0.4, -0.2) is 39.8 Å². The van der Waals surface area contributed by atoms with Crippen molar-refractivity contribution in [2.45, 2.75) is 32.6 Å². The predicted octanol–water partition coefficient (Wildman–Crippen LogP) is 5.49. The number of nitrogens with one attached hydrogen (secondary N) is 2. The van der Waals surface area contributed by atoms with Crippen LogP contribution in [-0.2, 0) is 16.0 Å². The normalized spacial score (nSPS) is 14.2. The third-order valence-electron chi connectivity index (χ3n) is 6.92. The van der Waals surface area contributed by atoms with Crippen molar-refractivity contribution in [3.05, 3.63) is 83.8 Å². The number of benzene rings is 2. The van der Waals surface area contributed by atoms with Crippen molar-refractivity contribution in [3.8, 4) is 11.3 Å². The van der Waals surface area contributed by atoms with Crippen LogP contribution in [0.15, 0.2) is 66.9 Å². The summed E-state index contributed by atoms with van der Waals surface area (Å²) in [5, 5.41) is 3.96. The summed E-state index contributed by atoms with van der Waals surface area (Å²) in [7, 11) is 0. The number of piperidine rings is 1. The number of pyridine rings is 1. The van der Waals surface area contributed by atoms with Crippen molar-refractivity contribution < 1.29 is 14.0 Å². The van der Waals surface area contributed by atoms with Gasteiger partial charge >= 0.3 is 0 Å². The lowest BCUT2D eigenvalue weighted by Gasteiger charge is -2.31. The number of carbonyl (C=O) groups is 2. The Labute approximate surface area is 209 Å². The summed E-state index contributed by atoms with van der Waals surface area (Å²) in [6.07, 6.45) is 3.95. The lowest BCUT2D eigenvalue weighted by Crippen LogP contribution is -2.41. The zero-order chi connectivity index (χ0) is 25.1. The minimum atomic E-state index is -0.279. The first-order chi connectivity index (χ1) is 17.5. The van der Waals surface area contributed by atoms with E-state index >= 15 is 0 Å². The topological polar surface area (TPSA) is 78.1 Å². The molecule has 36 heavy (non-hydrogen) atoms. The summed E-state index contributed by atoms with van der Waals surface area (Å²) in [5.41, 5.74) is 4.91. The molecule has 5 rings (SSSR count). The third-order valence-corrected chi connectivity index (χ3v) is 6.92. The fourth-order valence-corrected chi connectivity index (χ4v) is 4.87. The van der Waals surface area contributed by atoms with Crippen molar-refractivity contribution >= 4 is 28.5 Å². The summed E-state index contributed by atoms with van der Waals surface area (Å²) < 4.78 is 13.5. The molecule has 2 aromatic heterocycles. The lowest BCUT2D eigenvalue weighted by atomic mass is 9.95. The molecular formula is C29H29FN4O2. The van der Waals surface area contributed by atoms with Crippen molar-refractivity contribution in [2.75, 3.05) is 18.4 Å². The van der Waals surface area contributed by atoms with E-state index in [0.717, 1.165) is 33.3 Å². The van der Waals surface area contributed by atoms with Crippen LogP contribution in [0, 0.1) is 18.7 Å². The quantitative estimate of drug-likeness (QED) is 0.380. The summed E-state index contributed by atoms with van der Waals surface area (Å²) in [4.78, 5) is 35.3. The van der Waals surface area contributed by atoms with E-state index in [9.17, 15) is 14.0 Å². The molecule has 7 heteroatoms. The van der Waals surface area contributed by atoms with Gasteiger partial charge in [-0.05, 0) is 79.3 Å². The molecule has 0 atom stereocenters. The number of aromatic amines is 1. The molecule has 0 spiro atoms. The SMILES string of the molecule is Cc1ccc(NC(=O)C2CCN(C(=O)CCc3c(-c4ccc(F)cc4)[nH]c4ccccc34)CC2)nc1. The Morgan fingerprint density at radius 1 is 1.06 bits per heavy atom. The number of carbonyl (C=O) groups excluding carboxylic acids is 2. The Bertz CT molecular complexity index is 1370. The number of likely N-dealkylation sites (tertiary alicyclic amines) is 1. The zero-order valence-electron chi connectivity index (χ0n) is 20.3. The Balaban J connectivity index is 1.21. The first-order valence-electron chi connectivity index (χ1n) is 12.3. The van der Waals surface area contributed by atoms with Gasteiger partial charge in [0.15, 0.2) is 0 Å². The smallest absolute Gasteiger partial charge is 0.228 e. The van der Waals surface area contributed by atoms with Crippen molar-refractivity contribution in [3.63, 3.8) is 0 Å². The summed E-state index contributed by atoms with van der Waals surface area (Å²) in [6.45, 7) is 3.08. The van der Waals surface area contributed by atoms with Crippen LogP contribution in [0.3, 0.4) is 0 Å². The average molecular weight is 485 g/mol. The number of para-hydroxylation sites is 1.